The molecule has 0 aliphatic rings. The molecule has 0 radical (unpaired) electrons. The molecule has 1 amide bonds. The predicted octanol–water partition coefficient (Wildman–Crippen LogP) is 12.3. The molecule has 0 heterocycles. The van der Waals surface area contributed by atoms with Crippen molar-refractivity contribution in [1.82, 2.24) is 5.32 Å². The number of aliphatic hydroxyl groups is 1. The molecule has 2 atom stereocenters. The maximum Gasteiger partial charge on any atom is 0.472 e. The third kappa shape index (κ3) is 42.9. The number of hydrogen-bond donors (Lipinski definition) is 3. The summed E-state index contributed by atoms with van der Waals surface area (Å²) in [6.45, 7) is 3.49. The molecule has 0 saturated carbocycles. The summed E-state index contributed by atoms with van der Waals surface area (Å²) < 4.78 is 26.9. The van der Waals surface area contributed by atoms with E-state index in [2.05, 4.69) is 67.8 Å². The number of carbonyl (C=O) groups is 2. The number of ether oxygens (including phenoxy) is 1. The van der Waals surface area contributed by atoms with Gasteiger partial charge in [0, 0.05) is 19.4 Å². The first-order valence-corrected chi connectivity index (χ1v) is 23.6. The zero-order valence-electron chi connectivity index (χ0n) is 35.1. The van der Waals surface area contributed by atoms with Gasteiger partial charge < -0.3 is 20.1 Å². The van der Waals surface area contributed by atoms with Gasteiger partial charge in [0.25, 0.3) is 0 Å². The molecular weight excluding hydrogens is 713 g/mol. The first-order chi connectivity index (χ1) is 26.8. The van der Waals surface area contributed by atoms with Crippen LogP contribution >= 0.6 is 7.82 Å². The summed E-state index contributed by atoms with van der Waals surface area (Å²) in [6.07, 6.45) is 47.5. The molecule has 0 aromatic heterocycles. The van der Waals surface area contributed by atoms with Gasteiger partial charge in [-0.25, -0.2) is 4.57 Å². The summed E-state index contributed by atoms with van der Waals surface area (Å²) >= 11 is 0. The van der Waals surface area contributed by atoms with Crippen LogP contribution in [0.3, 0.4) is 0 Å². The molecule has 0 aromatic rings. The fourth-order valence-electron chi connectivity index (χ4n) is 5.85. The summed E-state index contributed by atoms with van der Waals surface area (Å²) in [4.78, 5) is 33.9. The molecule has 320 valence electrons. The molecule has 0 aromatic carbocycles. The van der Waals surface area contributed by atoms with Gasteiger partial charge in [-0.05, 0) is 77.0 Å². The Labute approximate surface area is 336 Å². The topological polar surface area (TPSA) is 131 Å². The molecule has 10 heteroatoms. The van der Waals surface area contributed by atoms with Gasteiger partial charge in [-0.2, -0.15) is 0 Å². The highest BCUT2D eigenvalue weighted by Gasteiger charge is 2.23. The van der Waals surface area contributed by atoms with E-state index in [9.17, 15) is 24.2 Å². The quantitative estimate of drug-likeness (QED) is 0.0241. The third-order valence-electron chi connectivity index (χ3n) is 9.23. The van der Waals surface area contributed by atoms with Gasteiger partial charge in [0.15, 0.2) is 0 Å². The number of esters is 1. The minimum Gasteiger partial charge on any atom is -0.463 e. The van der Waals surface area contributed by atoms with Gasteiger partial charge in [0.05, 0.1) is 13.2 Å². The van der Waals surface area contributed by atoms with Crippen molar-refractivity contribution in [2.45, 2.75) is 200 Å². The van der Waals surface area contributed by atoms with Crippen molar-refractivity contribution in [3.8, 4) is 0 Å². The second-order valence-electron chi connectivity index (χ2n) is 14.7. The number of rotatable bonds is 41. The monoisotopic (exact) mass is 796 g/mol. The van der Waals surface area contributed by atoms with Crippen LogP contribution in [0.1, 0.15) is 194 Å². The maximum absolute atomic E-state index is 12.1. The number of amides is 1. The average molecular weight is 796 g/mol. The molecule has 0 spiro atoms. The van der Waals surface area contributed by atoms with Crippen LogP contribution in [0.4, 0.5) is 0 Å². The van der Waals surface area contributed by atoms with Gasteiger partial charge >= 0.3 is 13.8 Å². The van der Waals surface area contributed by atoms with Gasteiger partial charge in [0.1, 0.15) is 12.7 Å². The van der Waals surface area contributed by atoms with E-state index in [1.807, 2.05) is 0 Å². The summed E-state index contributed by atoms with van der Waals surface area (Å²) in [5.74, 6) is -0.532. The molecule has 0 fully saturated rings. The van der Waals surface area contributed by atoms with Crippen LogP contribution in [-0.4, -0.2) is 54.3 Å². The van der Waals surface area contributed by atoms with E-state index in [0.29, 0.717) is 6.42 Å². The molecule has 55 heavy (non-hydrogen) atoms. The first-order valence-electron chi connectivity index (χ1n) is 22.1. The molecule has 3 N–H and O–H groups in total. The lowest BCUT2D eigenvalue weighted by molar-refractivity contribution is -0.147. The van der Waals surface area contributed by atoms with E-state index >= 15 is 0 Å². The highest BCUT2D eigenvalue weighted by Crippen LogP contribution is 2.42. The van der Waals surface area contributed by atoms with Crippen molar-refractivity contribution in [3.63, 3.8) is 0 Å². The van der Waals surface area contributed by atoms with Crippen molar-refractivity contribution in [2.24, 2.45) is 0 Å². The van der Waals surface area contributed by atoms with Crippen LogP contribution in [0.5, 0.6) is 0 Å². The minimum absolute atomic E-state index is 0.0752. The fourth-order valence-corrected chi connectivity index (χ4v) is 6.61. The largest absolute Gasteiger partial charge is 0.472 e. The number of hydrogen-bond acceptors (Lipinski definition) is 7. The standard InChI is InChI=1S/C45H82NO8P/c1-3-5-7-9-11-13-15-17-19-21-23-25-27-29-31-33-35-37-44(48)46-39-40-53-55(50,51)54-42-43(47)41-52-45(49)38-36-34-32-30-28-26-24-22-20-18-16-14-12-10-8-6-4-2/h11-14,17-20,43,47H,3-10,15-16,21-42H2,1-2H3,(H,46,48)(H,50,51)/b13-11-,14-12-,19-17-,20-18-. The molecule has 2 unspecified atom stereocenters. The van der Waals surface area contributed by atoms with Crippen LogP contribution in [0, 0.1) is 0 Å². The number of phosphoric ester groups is 1. The molecule has 0 bridgehead atoms. The Morgan fingerprint density at radius 3 is 1.45 bits per heavy atom. The molecular formula is C45H82NO8P. The van der Waals surface area contributed by atoms with Crippen LogP contribution in [0.2, 0.25) is 0 Å². The predicted molar refractivity (Wildman–Crippen MR) is 229 cm³/mol. The zero-order chi connectivity index (χ0) is 40.3. The Bertz CT molecular complexity index is 1040. The Kier molecular flexibility index (Phi) is 40.1. The second kappa shape index (κ2) is 41.6. The van der Waals surface area contributed by atoms with Gasteiger partial charge in [0.2, 0.25) is 5.91 Å². The Hall–Kier alpha value is -2.03. The van der Waals surface area contributed by atoms with Crippen LogP contribution in [-0.2, 0) is 27.9 Å². The number of nitrogens with one attached hydrogen (secondary N) is 1. The first kappa shape index (κ1) is 53.0. The summed E-state index contributed by atoms with van der Waals surface area (Å²) in [5, 5.41) is 12.7. The van der Waals surface area contributed by atoms with Crippen molar-refractivity contribution in [3.05, 3.63) is 48.6 Å². The number of aliphatic hydroxyl groups excluding tert-OH is 1. The Morgan fingerprint density at radius 2 is 0.982 bits per heavy atom. The number of allylic oxidation sites excluding steroid dienone is 8. The van der Waals surface area contributed by atoms with Crippen molar-refractivity contribution < 1.29 is 37.9 Å². The van der Waals surface area contributed by atoms with Crippen LogP contribution in [0.25, 0.3) is 0 Å². The second-order valence-corrected chi connectivity index (χ2v) is 16.1. The third-order valence-corrected chi connectivity index (χ3v) is 10.2. The lowest BCUT2D eigenvalue weighted by Crippen LogP contribution is -2.27. The molecule has 0 saturated heterocycles. The Morgan fingerprint density at radius 1 is 0.564 bits per heavy atom. The molecule has 0 rings (SSSR count). The van der Waals surface area contributed by atoms with Gasteiger partial charge in [-0.1, -0.05) is 152 Å². The van der Waals surface area contributed by atoms with Crippen molar-refractivity contribution in [1.29, 1.82) is 0 Å². The summed E-state index contributed by atoms with van der Waals surface area (Å²) in [5.41, 5.74) is 0. The van der Waals surface area contributed by atoms with E-state index in [1.54, 1.807) is 0 Å². The number of phosphoric acid groups is 1. The normalized spacial score (nSPS) is 13.7. The molecule has 0 aliphatic carbocycles. The lowest BCUT2D eigenvalue weighted by Gasteiger charge is -2.15. The highest BCUT2D eigenvalue weighted by atomic mass is 31.2. The van der Waals surface area contributed by atoms with Crippen LogP contribution < -0.4 is 5.32 Å². The van der Waals surface area contributed by atoms with E-state index in [0.717, 1.165) is 70.6 Å². The van der Waals surface area contributed by atoms with E-state index in [4.69, 9.17) is 13.8 Å². The Balaban J connectivity index is 3.62. The van der Waals surface area contributed by atoms with Crippen LogP contribution in [0.15, 0.2) is 48.6 Å². The number of unbranched alkanes of at least 4 members (excludes halogenated alkanes) is 20. The van der Waals surface area contributed by atoms with E-state index < -0.39 is 26.5 Å². The van der Waals surface area contributed by atoms with Gasteiger partial charge in [-0.15, -0.1) is 0 Å². The lowest BCUT2D eigenvalue weighted by atomic mass is 10.1. The van der Waals surface area contributed by atoms with E-state index in [1.165, 1.54) is 96.3 Å². The zero-order valence-corrected chi connectivity index (χ0v) is 36.0. The van der Waals surface area contributed by atoms with E-state index in [-0.39, 0.29) is 32.1 Å². The maximum atomic E-state index is 12.1. The van der Waals surface area contributed by atoms with Crippen molar-refractivity contribution >= 4 is 19.7 Å². The smallest absolute Gasteiger partial charge is 0.463 e. The highest BCUT2D eigenvalue weighted by molar-refractivity contribution is 7.47. The molecule has 9 nitrogen and oxygen atoms in total. The van der Waals surface area contributed by atoms with Gasteiger partial charge in [-0.3, -0.25) is 18.6 Å². The summed E-state index contributed by atoms with van der Waals surface area (Å²) in [7, 11) is -4.42. The van der Waals surface area contributed by atoms with Crippen molar-refractivity contribution in [2.75, 3.05) is 26.4 Å². The summed E-state index contributed by atoms with van der Waals surface area (Å²) in [6, 6.07) is 0. The fraction of sp³-hybridized carbons (Fsp3) is 0.778. The average Bonchev–Trinajstić information content (AvgIpc) is 3.17. The minimum atomic E-state index is -4.42. The number of carbonyl (C=O) groups excluding carboxylic acids is 2. The molecule has 0 aliphatic heterocycles. The SMILES string of the molecule is CCCCC/C=C\C/C=C\CCCCCCCCCC(=O)NCCOP(=O)(O)OCC(O)COC(=O)CCCCCCCCC/C=C\C/C=C\CCCCC.